The van der Waals surface area contributed by atoms with Gasteiger partial charge in [0.25, 0.3) is 0 Å². The average molecular weight is 345 g/mol. The summed E-state index contributed by atoms with van der Waals surface area (Å²) >= 11 is 0. The topological polar surface area (TPSA) is 104 Å². The number of ketones is 1. The van der Waals surface area contributed by atoms with E-state index in [0.717, 1.165) is 10.6 Å². The summed E-state index contributed by atoms with van der Waals surface area (Å²) in [6, 6.07) is 15.7. The number of ether oxygens (including phenoxy) is 1. The molecule has 0 unspecified atom stereocenters. The van der Waals surface area contributed by atoms with Gasteiger partial charge in [-0.15, -0.1) is 0 Å². The Hall–Kier alpha value is -3.03. The van der Waals surface area contributed by atoms with Crippen molar-refractivity contribution in [1.29, 1.82) is 0 Å². The normalized spacial score (nSPS) is 9.60. The van der Waals surface area contributed by atoms with Gasteiger partial charge >= 0.3 is 0 Å². The number of hydroxylamine groups is 2. The van der Waals surface area contributed by atoms with Crippen molar-refractivity contribution in [1.82, 2.24) is 5.06 Å². The molecule has 0 aliphatic heterocycles. The molecule has 7 nitrogen and oxygen atoms in total. The highest BCUT2D eigenvalue weighted by atomic mass is 16.7. The van der Waals surface area contributed by atoms with Gasteiger partial charge in [-0.05, 0) is 29.8 Å². The van der Waals surface area contributed by atoms with E-state index in [0.29, 0.717) is 24.3 Å². The summed E-state index contributed by atoms with van der Waals surface area (Å²) in [6.45, 7) is 0.780. The quantitative estimate of drug-likeness (QED) is 0.279. The molecule has 0 atom stereocenters. The number of aldehydes is 1. The lowest BCUT2D eigenvalue weighted by Gasteiger charge is -2.17. The van der Waals surface area contributed by atoms with E-state index in [1.807, 2.05) is 30.3 Å². The van der Waals surface area contributed by atoms with E-state index in [-0.39, 0.29) is 24.9 Å². The van der Waals surface area contributed by atoms with Crippen LogP contribution in [0.1, 0.15) is 15.9 Å². The monoisotopic (exact) mass is 345 g/mol. The summed E-state index contributed by atoms with van der Waals surface area (Å²) in [5, 5.41) is 1.16. The molecule has 2 aromatic rings. The molecule has 0 fully saturated rings. The Morgan fingerprint density at radius 1 is 1.00 bits per heavy atom. The molecule has 0 bridgehead atoms. The third kappa shape index (κ3) is 6.54. The van der Waals surface area contributed by atoms with E-state index >= 15 is 0 Å². The highest BCUT2D eigenvalue weighted by Gasteiger charge is 2.05. The van der Waals surface area contributed by atoms with Gasteiger partial charge in [0.15, 0.2) is 6.29 Å². The van der Waals surface area contributed by atoms with Gasteiger partial charge in [0.05, 0.1) is 6.54 Å². The molecule has 1 amide bonds. The minimum absolute atomic E-state index is 0. The maximum atomic E-state index is 11.2. The highest BCUT2D eigenvalue weighted by molar-refractivity contribution is 6.33. The van der Waals surface area contributed by atoms with Crippen molar-refractivity contribution < 1.29 is 29.4 Å². The molecular formula is C18H19NO6. The van der Waals surface area contributed by atoms with Gasteiger partial charge in [-0.1, -0.05) is 30.3 Å². The molecule has 0 aliphatic carbocycles. The van der Waals surface area contributed by atoms with Crippen LogP contribution < -0.4 is 4.74 Å². The molecule has 0 aromatic heterocycles. The van der Waals surface area contributed by atoms with Gasteiger partial charge < -0.3 is 10.2 Å². The Balaban J connectivity index is 0.00000312. The van der Waals surface area contributed by atoms with Crippen molar-refractivity contribution in [3.63, 3.8) is 0 Å². The number of amides is 1. The van der Waals surface area contributed by atoms with Gasteiger partial charge in [-0.2, -0.15) is 0 Å². The first-order valence-electron chi connectivity index (χ1n) is 7.34. The largest absolute Gasteiger partial charge is 0.492 e. The summed E-state index contributed by atoms with van der Waals surface area (Å²) in [4.78, 5) is 38.0. The smallest absolute Gasteiger partial charge is 0.233 e. The van der Waals surface area contributed by atoms with Crippen LogP contribution in [0.3, 0.4) is 0 Å². The van der Waals surface area contributed by atoms with E-state index < -0.39 is 5.78 Å². The number of hydrogen-bond donors (Lipinski definition) is 0. The molecule has 0 radical (unpaired) electrons. The zero-order valence-electron chi connectivity index (χ0n) is 13.5. The van der Waals surface area contributed by atoms with Crippen LogP contribution >= 0.6 is 0 Å². The molecule has 25 heavy (non-hydrogen) atoms. The number of rotatable bonds is 10. The zero-order valence-corrected chi connectivity index (χ0v) is 13.5. The number of carbonyl (C=O) groups is 3. The van der Waals surface area contributed by atoms with Crippen LogP contribution in [0.4, 0.5) is 0 Å². The van der Waals surface area contributed by atoms with Crippen molar-refractivity contribution in [2.45, 2.75) is 6.61 Å². The Bertz CT molecular complexity index is 672. The fraction of sp³-hybridized carbons (Fsp3) is 0.167. The Labute approximate surface area is 145 Å². The van der Waals surface area contributed by atoms with Crippen molar-refractivity contribution in [2.75, 3.05) is 13.2 Å². The highest BCUT2D eigenvalue weighted by Crippen LogP contribution is 2.12. The fourth-order valence-corrected chi connectivity index (χ4v) is 1.92. The van der Waals surface area contributed by atoms with Crippen molar-refractivity contribution >= 4 is 18.5 Å². The number of benzene rings is 2. The molecule has 0 saturated heterocycles. The van der Waals surface area contributed by atoms with E-state index in [1.54, 1.807) is 12.1 Å². The van der Waals surface area contributed by atoms with Gasteiger partial charge in [0.2, 0.25) is 12.2 Å². The van der Waals surface area contributed by atoms with Crippen molar-refractivity contribution in [3.05, 3.63) is 65.7 Å². The molecule has 0 heterocycles. The number of nitrogens with zero attached hydrogens (tertiary/aromatic N) is 1. The molecule has 0 saturated carbocycles. The van der Waals surface area contributed by atoms with Gasteiger partial charge in [-0.3, -0.25) is 19.2 Å². The van der Waals surface area contributed by atoms with E-state index in [2.05, 4.69) is 0 Å². The maximum absolute atomic E-state index is 11.2. The fourth-order valence-electron chi connectivity index (χ4n) is 1.92. The zero-order chi connectivity index (χ0) is 17.2. The average Bonchev–Trinajstić information content (AvgIpc) is 2.65. The second kappa shape index (κ2) is 10.7. The van der Waals surface area contributed by atoms with E-state index in [4.69, 9.17) is 9.57 Å². The van der Waals surface area contributed by atoms with Crippen molar-refractivity contribution in [3.8, 4) is 5.75 Å². The van der Waals surface area contributed by atoms with E-state index in [9.17, 15) is 14.4 Å². The van der Waals surface area contributed by atoms with Crippen LogP contribution in [0.15, 0.2) is 54.6 Å². The third-order valence-electron chi connectivity index (χ3n) is 3.18. The molecule has 2 aromatic carbocycles. The molecule has 132 valence electrons. The Morgan fingerprint density at radius 3 is 2.28 bits per heavy atom. The van der Waals surface area contributed by atoms with Crippen LogP contribution in [-0.2, 0) is 21.0 Å². The summed E-state index contributed by atoms with van der Waals surface area (Å²) in [5.41, 5.74) is 1.26. The lowest BCUT2D eigenvalue weighted by atomic mass is 10.1. The van der Waals surface area contributed by atoms with Gasteiger partial charge in [0.1, 0.15) is 19.0 Å². The van der Waals surface area contributed by atoms with Crippen LogP contribution in [0, 0.1) is 0 Å². The number of hydrogen-bond acceptors (Lipinski definition) is 5. The van der Waals surface area contributed by atoms with Crippen LogP contribution in [-0.4, -0.2) is 42.2 Å². The number of Topliss-reactive ketones (excluding diaryl/α,β-unsaturated/α-hetero) is 1. The molecule has 0 aliphatic rings. The van der Waals surface area contributed by atoms with Crippen molar-refractivity contribution in [2.24, 2.45) is 0 Å². The van der Waals surface area contributed by atoms with Crippen LogP contribution in [0.5, 0.6) is 5.75 Å². The predicted octanol–water partition coefficient (Wildman–Crippen LogP) is 1.21. The first-order chi connectivity index (χ1) is 11.7. The van der Waals surface area contributed by atoms with Gasteiger partial charge in [0, 0.05) is 5.56 Å². The minimum atomic E-state index is -0.581. The summed E-state index contributed by atoms with van der Waals surface area (Å²) in [6.07, 6.45) is 0.861. The summed E-state index contributed by atoms with van der Waals surface area (Å²) < 4.78 is 5.48. The predicted molar refractivity (Wildman–Crippen MR) is 89.9 cm³/mol. The Morgan fingerprint density at radius 2 is 1.68 bits per heavy atom. The first-order valence-corrected chi connectivity index (χ1v) is 7.34. The van der Waals surface area contributed by atoms with Crippen LogP contribution in [0.2, 0.25) is 0 Å². The lowest BCUT2D eigenvalue weighted by molar-refractivity contribution is -0.179. The van der Waals surface area contributed by atoms with Gasteiger partial charge in [-0.25, -0.2) is 5.06 Å². The minimum Gasteiger partial charge on any atom is -0.492 e. The molecule has 0 spiro atoms. The second-order valence-corrected chi connectivity index (χ2v) is 4.86. The molecule has 7 heteroatoms. The summed E-state index contributed by atoms with van der Waals surface area (Å²) in [5.74, 6) is -0.0469. The lowest BCUT2D eigenvalue weighted by Crippen LogP contribution is -2.27. The second-order valence-electron chi connectivity index (χ2n) is 4.86. The molecule has 2 N–H and O–H groups in total. The molecular weight excluding hydrogens is 326 g/mol. The maximum Gasteiger partial charge on any atom is 0.233 e. The third-order valence-corrected chi connectivity index (χ3v) is 3.18. The van der Waals surface area contributed by atoms with E-state index in [1.165, 1.54) is 12.1 Å². The SMILES string of the molecule is O.O=CC(=O)c1ccc(OCCN(C=O)OCc2ccccc2)cc1. The number of carbonyl (C=O) groups excluding carboxylic acids is 3. The standard InChI is InChI=1S/C18H17NO5.H2O/c20-12-18(22)16-6-8-17(9-7-16)23-11-10-19(14-21)24-13-15-4-2-1-3-5-15;/h1-9,12,14H,10-11,13H2;1H2. The van der Waals surface area contributed by atoms with Crippen LogP contribution in [0.25, 0.3) is 0 Å². The first kappa shape index (κ1) is 20.0. The summed E-state index contributed by atoms with van der Waals surface area (Å²) in [7, 11) is 0. The molecule has 2 rings (SSSR count). The Kier molecular flexibility index (Phi) is 8.56.